The first-order valence-electron chi connectivity index (χ1n) is 10.3. The molecule has 0 N–H and O–H groups in total. The van der Waals surface area contributed by atoms with E-state index in [4.69, 9.17) is 4.74 Å². The van der Waals surface area contributed by atoms with Crippen molar-refractivity contribution < 1.29 is 14.3 Å². The molecule has 0 radical (unpaired) electrons. The normalized spacial score (nSPS) is 18.4. The van der Waals surface area contributed by atoms with Crippen LogP contribution in [0.4, 0.5) is 0 Å². The first-order chi connectivity index (χ1) is 15.6. The third kappa shape index (κ3) is 3.31. The summed E-state index contributed by atoms with van der Waals surface area (Å²) in [6, 6.07) is 6.41. The number of likely N-dealkylation sites (tertiary alicyclic amines) is 1. The van der Waals surface area contributed by atoms with E-state index in [1.165, 1.54) is 12.0 Å². The fourth-order valence-corrected chi connectivity index (χ4v) is 4.16. The van der Waals surface area contributed by atoms with Gasteiger partial charge in [0.1, 0.15) is 17.4 Å². The Balaban J connectivity index is 1.42. The molecule has 0 aliphatic carbocycles. The zero-order valence-corrected chi connectivity index (χ0v) is 17.7. The maximum absolute atomic E-state index is 13.3. The summed E-state index contributed by atoms with van der Waals surface area (Å²) in [7, 11) is 1.32. The minimum absolute atomic E-state index is 0.223. The Bertz CT molecular complexity index is 1290. The quantitative estimate of drug-likeness (QED) is 0.437. The molecule has 2 atom stereocenters. The van der Waals surface area contributed by atoms with Gasteiger partial charge in [0, 0.05) is 37.4 Å². The zero-order chi connectivity index (χ0) is 22.2. The summed E-state index contributed by atoms with van der Waals surface area (Å²) in [5.41, 5.74) is 2.67. The van der Waals surface area contributed by atoms with Gasteiger partial charge in [-0.2, -0.15) is 5.10 Å². The average molecular weight is 434 g/mol. The van der Waals surface area contributed by atoms with Crippen LogP contribution in [-0.2, 0) is 16.1 Å². The standard InChI is InChI=1S/C21H22N8O3/c1-3-28-18(6-7-23-28)17-12-29(25-24-17)15-10-19(21(31)32-2)27(11-15)20(30)16-9-14-5-4-8-26(14)13-22-16/h4-9,12-13,15,19H,3,10-11H2,1-2H3/t15-,19-/m0/s1. The first kappa shape index (κ1) is 19.9. The molecule has 0 spiro atoms. The van der Waals surface area contributed by atoms with Gasteiger partial charge in [-0.3, -0.25) is 9.48 Å². The lowest BCUT2D eigenvalue weighted by atomic mass is 10.1. The van der Waals surface area contributed by atoms with Crippen molar-refractivity contribution in [3.8, 4) is 11.4 Å². The number of fused-ring (bicyclic) bond motifs is 1. The summed E-state index contributed by atoms with van der Waals surface area (Å²) in [6.45, 7) is 3.01. The molecular weight excluding hydrogens is 412 g/mol. The van der Waals surface area contributed by atoms with Crippen molar-refractivity contribution in [3.05, 3.63) is 54.9 Å². The molecule has 1 amide bonds. The number of ether oxygens (including phenoxy) is 1. The Morgan fingerprint density at radius 2 is 2.16 bits per heavy atom. The number of aromatic nitrogens is 7. The van der Waals surface area contributed by atoms with Crippen LogP contribution in [0, 0.1) is 0 Å². The van der Waals surface area contributed by atoms with Crippen molar-refractivity contribution in [1.82, 2.24) is 39.1 Å². The molecule has 164 valence electrons. The minimum Gasteiger partial charge on any atom is -0.467 e. The Labute approximate surface area is 183 Å². The largest absolute Gasteiger partial charge is 0.467 e. The van der Waals surface area contributed by atoms with Crippen LogP contribution in [0.1, 0.15) is 29.9 Å². The number of carbonyl (C=O) groups is 2. The molecule has 1 aliphatic rings. The van der Waals surface area contributed by atoms with Crippen molar-refractivity contribution in [2.24, 2.45) is 0 Å². The highest BCUT2D eigenvalue weighted by Crippen LogP contribution is 2.30. The third-order valence-corrected chi connectivity index (χ3v) is 5.81. The number of hydrogen-bond donors (Lipinski definition) is 0. The molecule has 32 heavy (non-hydrogen) atoms. The number of hydrogen-bond acceptors (Lipinski definition) is 7. The molecule has 5 rings (SSSR count). The van der Waals surface area contributed by atoms with Gasteiger partial charge in [-0.15, -0.1) is 5.10 Å². The minimum atomic E-state index is -0.726. The number of methoxy groups -OCH3 is 1. The molecule has 0 saturated carbocycles. The van der Waals surface area contributed by atoms with Crippen molar-refractivity contribution in [2.75, 3.05) is 13.7 Å². The average Bonchev–Trinajstić information content (AvgIpc) is 3.61. The lowest BCUT2D eigenvalue weighted by Crippen LogP contribution is -2.41. The van der Waals surface area contributed by atoms with Crippen LogP contribution >= 0.6 is 0 Å². The second kappa shape index (κ2) is 7.91. The Morgan fingerprint density at radius 1 is 1.28 bits per heavy atom. The van der Waals surface area contributed by atoms with E-state index in [0.29, 0.717) is 25.2 Å². The Hall–Kier alpha value is -4.02. The zero-order valence-electron chi connectivity index (χ0n) is 17.7. The summed E-state index contributed by atoms with van der Waals surface area (Å²) in [5, 5.41) is 12.8. The van der Waals surface area contributed by atoms with Crippen LogP contribution in [0.3, 0.4) is 0 Å². The second-order valence-electron chi connectivity index (χ2n) is 7.62. The smallest absolute Gasteiger partial charge is 0.328 e. The van der Waals surface area contributed by atoms with E-state index < -0.39 is 12.0 Å². The third-order valence-electron chi connectivity index (χ3n) is 5.81. The topological polar surface area (TPSA) is 112 Å². The molecular formula is C21H22N8O3. The number of nitrogens with zero attached hydrogens (tertiary/aromatic N) is 8. The van der Waals surface area contributed by atoms with Crippen LogP contribution in [0.5, 0.6) is 0 Å². The summed E-state index contributed by atoms with van der Waals surface area (Å²) in [4.78, 5) is 31.6. The summed E-state index contributed by atoms with van der Waals surface area (Å²) in [5.74, 6) is -0.787. The van der Waals surface area contributed by atoms with E-state index in [0.717, 1.165) is 11.2 Å². The van der Waals surface area contributed by atoms with E-state index in [2.05, 4.69) is 20.4 Å². The highest BCUT2D eigenvalue weighted by Gasteiger charge is 2.42. The van der Waals surface area contributed by atoms with Crippen molar-refractivity contribution >= 4 is 17.4 Å². The molecule has 0 aromatic carbocycles. The van der Waals surface area contributed by atoms with Gasteiger partial charge in [0.2, 0.25) is 0 Å². The maximum Gasteiger partial charge on any atom is 0.328 e. The molecule has 4 aromatic heterocycles. The number of aryl methyl sites for hydroxylation is 1. The van der Waals surface area contributed by atoms with E-state index in [9.17, 15) is 9.59 Å². The number of esters is 1. The van der Waals surface area contributed by atoms with Gasteiger partial charge >= 0.3 is 5.97 Å². The molecule has 5 heterocycles. The molecule has 1 saturated heterocycles. The van der Waals surface area contributed by atoms with Gasteiger partial charge in [-0.25, -0.2) is 14.5 Å². The molecule has 1 fully saturated rings. The van der Waals surface area contributed by atoms with Gasteiger partial charge < -0.3 is 14.0 Å². The molecule has 11 nitrogen and oxygen atoms in total. The fraction of sp³-hybridized carbons (Fsp3) is 0.333. The van der Waals surface area contributed by atoms with Crippen LogP contribution < -0.4 is 0 Å². The van der Waals surface area contributed by atoms with Crippen molar-refractivity contribution in [3.63, 3.8) is 0 Å². The van der Waals surface area contributed by atoms with Crippen LogP contribution in [0.2, 0.25) is 0 Å². The molecule has 0 bridgehead atoms. The van der Waals surface area contributed by atoms with Crippen LogP contribution in [0.15, 0.2) is 49.2 Å². The highest BCUT2D eigenvalue weighted by atomic mass is 16.5. The number of rotatable bonds is 5. The van der Waals surface area contributed by atoms with E-state index in [-0.39, 0.29) is 17.6 Å². The van der Waals surface area contributed by atoms with Crippen molar-refractivity contribution in [1.29, 1.82) is 0 Å². The summed E-state index contributed by atoms with van der Waals surface area (Å²) < 4.78 is 10.3. The van der Waals surface area contributed by atoms with Gasteiger partial charge in [0.25, 0.3) is 5.91 Å². The predicted octanol–water partition coefficient (Wildman–Crippen LogP) is 1.44. The number of carbonyl (C=O) groups excluding carboxylic acids is 2. The predicted molar refractivity (Wildman–Crippen MR) is 113 cm³/mol. The highest BCUT2D eigenvalue weighted by molar-refractivity contribution is 5.96. The first-order valence-corrected chi connectivity index (χ1v) is 10.3. The molecule has 11 heteroatoms. The van der Waals surface area contributed by atoms with Gasteiger partial charge in [0.15, 0.2) is 0 Å². The van der Waals surface area contributed by atoms with Crippen molar-refractivity contribution in [2.45, 2.75) is 32.0 Å². The lowest BCUT2D eigenvalue weighted by molar-refractivity contribution is -0.145. The van der Waals surface area contributed by atoms with Gasteiger partial charge in [0.05, 0.1) is 31.4 Å². The van der Waals surface area contributed by atoms with Gasteiger partial charge in [-0.1, -0.05) is 5.21 Å². The fourth-order valence-electron chi connectivity index (χ4n) is 4.16. The van der Waals surface area contributed by atoms with Crippen LogP contribution in [-0.4, -0.2) is 70.6 Å². The van der Waals surface area contributed by atoms with Crippen LogP contribution in [0.25, 0.3) is 16.9 Å². The van der Waals surface area contributed by atoms with E-state index in [1.54, 1.807) is 23.3 Å². The molecule has 4 aromatic rings. The summed E-state index contributed by atoms with van der Waals surface area (Å²) in [6.07, 6.45) is 7.36. The monoisotopic (exact) mass is 434 g/mol. The molecule has 0 unspecified atom stereocenters. The summed E-state index contributed by atoms with van der Waals surface area (Å²) >= 11 is 0. The maximum atomic E-state index is 13.3. The lowest BCUT2D eigenvalue weighted by Gasteiger charge is -2.22. The SMILES string of the molecule is CCn1nccc1-c1cn([C@H]2C[C@@H](C(=O)OC)N(C(=O)c3cc4cccn4cn3)C2)nn1. The Morgan fingerprint density at radius 3 is 2.97 bits per heavy atom. The number of amides is 1. The molecule has 1 aliphatic heterocycles. The van der Waals surface area contributed by atoms with Gasteiger partial charge in [-0.05, 0) is 31.2 Å². The van der Waals surface area contributed by atoms with E-state index in [1.807, 2.05) is 46.6 Å². The second-order valence-corrected chi connectivity index (χ2v) is 7.62. The Kier molecular flexibility index (Phi) is 4.92. The van der Waals surface area contributed by atoms with E-state index >= 15 is 0 Å².